The van der Waals surface area contributed by atoms with E-state index in [-0.39, 0.29) is 0 Å². The lowest BCUT2D eigenvalue weighted by atomic mass is 9.52. The van der Waals surface area contributed by atoms with E-state index in [4.69, 9.17) is 0 Å². The van der Waals surface area contributed by atoms with Gasteiger partial charge in [-0.2, -0.15) is 0 Å². The predicted octanol–water partition coefficient (Wildman–Crippen LogP) is 3.61. The first-order valence-corrected chi connectivity index (χ1v) is 5.78. The zero-order chi connectivity index (χ0) is 8.18. The standard InChI is InChI=1S/C12H20/c1-9-3-2-4-12(9)7-10-5-11(6-10)8-12/h9-11H,2-8H2,1H3. The molecular formula is C12H20. The summed E-state index contributed by atoms with van der Waals surface area (Å²) in [5.74, 6) is 3.37. The average Bonchev–Trinajstić information content (AvgIpc) is 2.31. The molecule has 4 aliphatic carbocycles. The molecule has 0 radical (unpaired) electrons. The molecule has 0 aliphatic heterocycles. The fraction of sp³-hybridized carbons (Fsp3) is 1.00. The molecule has 1 spiro atoms. The maximum Gasteiger partial charge on any atom is -0.0267 e. The molecule has 4 rings (SSSR count). The van der Waals surface area contributed by atoms with Crippen LogP contribution < -0.4 is 0 Å². The van der Waals surface area contributed by atoms with E-state index in [1.165, 1.54) is 12.8 Å². The molecule has 0 aromatic heterocycles. The molecule has 0 saturated heterocycles. The smallest absolute Gasteiger partial charge is 0.0267 e. The Kier molecular flexibility index (Phi) is 1.40. The van der Waals surface area contributed by atoms with E-state index >= 15 is 0 Å². The van der Waals surface area contributed by atoms with Crippen molar-refractivity contribution in [3.63, 3.8) is 0 Å². The van der Waals surface area contributed by atoms with Gasteiger partial charge in [0.15, 0.2) is 0 Å². The van der Waals surface area contributed by atoms with Crippen molar-refractivity contribution in [1.82, 2.24) is 0 Å². The summed E-state index contributed by atoms with van der Waals surface area (Å²) in [7, 11) is 0. The SMILES string of the molecule is CC1CCCC12CC1CC(C1)C2. The van der Waals surface area contributed by atoms with Crippen LogP contribution in [0.4, 0.5) is 0 Å². The summed E-state index contributed by atoms with van der Waals surface area (Å²) in [6.45, 7) is 2.51. The minimum absolute atomic E-state index is 0.853. The van der Waals surface area contributed by atoms with Crippen LogP contribution in [0.25, 0.3) is 0 Å². The third-order valence-electron chi connectivity index (χ3n) is 5.08. The second-order valence-corrected chi connectivity index (χ2v) is 5.77. The van der Waals surface area contributed by atoms with Crippen molar-refractivity contribution in [3.05, 3.63) is 0 Å². The highest BCUT2D eigenvalue weighted by Crippen LogP contribution is 2.61. The van der Waals surface area contributed by atoms with E-state index in [0.29, 0.717) is 0 Å². The summed E-state index contributed by atoms with van der Waals surface area (Å²) in [5.41, 5.74) is 0.853. The monoisotopic (exact) mass is 164 g/mol. The van der Waals surface area contributed by atoms with Gasteiger partial charge in [0.25, 0.3) is 0 Å². The Hall–Kier alpha value is 0. The van der Waals surface area contributed by atoms with Gasteiger partial charge in [0, 0.05) is 0 Å². The normalized spacial score (nSPS) is 57.2. The molecule has 0 heteroatoms. The molecular weight excluding hydrogens is 144 g/mol. The quantitative estimate of drug-likeness (QED) is 0.513. The van der Waals surface area contributed by atoms with Gasteiger partial charge in [-0.05, 0) is 55.3 Å². The molecule has 2 bridgehead atoms. The van der Waals surface area contributed by atoms with Crippen LogP contribution in [0.2, 0.25) is 0 Å². The van der Waals surface area contributed by atoms with Crippen LogP contribution in [0.3, 0.4) is 0 Å². The first-order chi connectivity index (χ1) is 5.78. The molecule has 1 unspecified atom stereocenters. The van der Waals surface area contributed by atoms with Gasteiger partial charge in [0.1, 0.15) is 0 Å². The Balaban J connectivity index is 1.82. The molecule has 0 aromatic rings. The third-order valence-corrected chi connectivity index (χ3v) is 5.08. The second kappa shape index (κ2) is 2.27. The van der Waals surface area contributed by atoms with Crippen LogP contribution in [-0.2, 0) is 0 Å². The summed E-state index contributed by atoms with van der Waals surface area (Å²) < 4.78 is 0. The summed E-state index contributed by atoms with van der Waals surface area (Å²) in [5, 5.41) is 0. The average molecular weight is 164 g/mol. The lowest BCUT2D eigenvalue weighted by molar-refractivity contribution is -0.0225. The number of hydrogen-bond acceptors (Lipinski definition) is 0. The van der Waals surface area contributed by atoms with Gasteiger partial charge in [-0.1, -0.05) is 19.8 Å². The molecule has 68 valence electrons. The molecule has 1 atom stereocenters. The Labute approximate surface area is 75.7 Å². The molecule has 0 aromatic carbocycles. The molecule has 0 nitrogen and oxygen atoms in total. The highest BCUT2D eigenvalue weighted by molar-refractivity contribution is 5.01. The van der Waals surface area contributed by atoms with Crippen molar-refractivity contribution in [1.29, 1.82) is 0 Å². The minimum atomic E-state index is 0.853. The van der Waals surface area contributed by atoms with Gasteiger partial charge >= 0.3 is 0 Å². The molecule has 0 heterocycles. The van der Waals surface area contributed by atoms with Crippen molar-refractivity contribution < 1.29 is 0 Å². The van der Waals surface area contributed by atoms with Crippen molar-refractivity contribution >= 4 is 0 Å². The summed E-state index contributed by atoms with van der Waals surface area (Å²) in [6.07, 6.45) is 11.0. The Bertz CT molecular complexity index is 178. The van der Waals surface area contributed by atoms with Gasteiger partial charge in [-0.15, -0.1) is 0 Å². The zero-order valence-electron chi connectivity index (χ0n) is 8.18. The topological polar surface area (TPSA) is 0 Å². The molecule has 4 saturated carbocycles. The maximum atomic E-state index is 2.51. The Morgan fingerprint density at radius 3 is 2.25 bits per heavy atom. The first kappa shape index (κ1) is 7.41. The van der Waals surface area contributed by atoms with Crippen LogP contribution >= 0.6 is 0 Å². The van der Waals surface area contributed by atoms with E-state index < -0.39 is 0 Å². The Morgan fingerprint density at radius 1 is 1.08 bits per heavy atom. The van der Waals surface area contributed by atoms with Crippen molar-refractivity contribution in [2.45, 2.75) is 51.9 Å². The van der Waals surface area contributed by atoms with E-state index in [1.54, 1.807) is 32.1 Å². The van der Waals surface area contributed by atoms with Gasteiger partial charge in [0.05, 0.1) is 0 Å². The minimum Gasteiger partial charge on any atom is -0.0620 e. The summed E-state index contributed by atoms with van der Waals surface area (Å²) in [4.78, 5) is 0. The summed E-state index contributed by atoms with van der Waals surface area (Å²) in [6, 6.07) is 0. The number of hydrogen-bond donors (Lipinski definition) is 0. The van der Waals surface area contributed by atoms with Crippen molar-refractivity contribution in [3.8, 4) is 0 Å². The lowest BCUT2D eigenvalue weighted by Crippen LogP contribution is -2.42. The van der Waals surface area contributed by atoms with Gasteiger partial charge in [-0.3, -0.25) is 0 Å². The zero-order valence-corrected chi connectivity index (χ0v) is 8.18. The fourth-order valence-electron chi connectivity index (χ4n) is 4.36. The van der Waals surface area contributed by atoms with Crippen molar-refractivity contribution in [2.24, 2.45) is 23.2 Å². The van der Waals surface area contributed by atoms with Gasteiger partial charge in [0.2, 0.25) is 0 Å². The molecule has 0 N–H and O–H groups in total. The molecule has 4 fully saturated rings. The highest BCUT2D eigenvalue weighted by atomic mass is 14.6. The van der Waals surface area contributed by atoms with Crippen molar-refractivity contribution in [2.75, 3.05) is 0 Å². The van der Waals surface area contributed by atoms with Gasteiger partial charge < -0.3 is 0 Å². The van der Waals surface area contributed by atoms with E-state index in [0.717, 1.165) is 23.2 Å². The van der Waals surface area contributed by atoms with Crippen LogP contribution in [-0.4, -0.2) is 0 Å². The van der Waals surface area contributed by atoms with E-state index in [1.807, 2.05) is 0 Å². The molecule has 12 heavy (non-hydrogen) atoms. The maximum absolute atomic E-state index is 2.51. The van der Waals surface area contributed by atoms with Crippen LogP contribution in [0.5, 0.6) is 0 Å². The van der Waals surface area contributed by atoms with E-state index in [9.17, 15) is 0 Å². The van der Waals surface area contributed by atoms with Crippen LogP contribution in [0.1, 0.15) is 51.9 Å². The van der Waals surface area contributed by atoms with Crippen LogP contribution in [0, 0.1) is 23.2 Å². The fourth-order valence-corrected chi connectivity index (χ4v) is 4.36. The highest BCUT2D eigenvalue weighted by Gasteiger charge is 2.50. The van der Waals surface area contributed by atoms with E-state index in [2.05, 4.69) is 6.92 Å². The summed E-state index contributed by atoms with van der Waals surface area (Å²) >= 11 is 0. The van der Waals surface area contributed by atoms with Gasteiger partial charge in [-0.25, -0.2) is 0 Å². The largest absolute Gasteiger partial charge is 0.0620 e. The third kappa shape index (κ3) is 0.843. The first-order valence-electron chi connectivity index (χ1n) is 5.78. The predicted molar refractivity (Wildman–Crippen MR) is 50.9 cm³/mol. The van der Waals surface area contributed by atoms with Crippen LogP contribution in [0.15, 0.2) is 0 Å². The molecule has 4 aliphatic rings. The number of rotatable bonds is 0. The second-order valence-electron chi connectivity index (χ2n) is 5.77. The lowest BCUT2D eigenvalue weighted by Gasteiger charge is -2.53. The Morgan fingerprint density at radius 2 is 1.75 bits per heavy atom. The molecule has 0 amide bonds.